The molecule has 0 fully saturated rings. The maximum Gasteiger partial charge on any atom is 0.221 e. The summed E-state index contributed by atoms with van der Waals surface area (Å²) in [5.41, 5.74) is 4.54. The maximum atomic E-state index is 12.6. The van der Waals surface area contributed by atoms with Gasteiger partial charge in [-0.2, -0.15) is 0 Å². The van der Waals surface area contributed by atoms with Crippen molar-refractivity contribution in [3.63, 3.8) is 0 Å². The van der Waals surface area contributed by atoms with Gasteiger partial charge in [0.15, 0.2) is 0 Å². The molecule has 0 spiro atoms. The molecule has 0 bridgehead atoms. The minimum atomic E-state index is -0.163. The molecule has 2 aromatic rings. The van der Waals surface area contributed by atoms with Gasteiger partial charge in [0.1, 0.15) is 5.76 Å². The largest absolute Gasteiger partial charge is 0.361 e. The molecule has 128 valence electrons. The average Bonchev–Trinajstić information content (AvgIpc) is 2.85. The van der Waals surface area contributed by atoms with E-state index in [-0.39, 0.29) is 17.4 Å². The zero-order valence-corrected chi connectivity index (χ0v) is 15.0. The van der Waals surface area contributed by atoms with Crippen molar-refractivity contribution >= 4 is 5.91 Å². The second-order valence-electron chi connectivity index (χ2n) is 7.40. The van der Waals surface area contributed by atoms with Crippen LogP contribution in [0.2, 0.25) is 0 Å². The van der Waals surface area contributed by atoms with Crippen LogP contribution in [0.5, 0.6) is 0 Å². The maximum absolute atomic E-state index is 12.6. The fourth-order valence-electron chi connectivity index (χ4n) is 3.96. The summed E-state index contributed by atoms with van der Waals surface area (Å²) in [6.45, 7) is 8.05. The fraction of sp³-hybridized carbons (Fsp3) is 0.500. The molecule has 2 atom stereocenters. The molecule has 1 N–H and O–H groups in total. The smallest absolute Gasteiger partial charge is 0.221 e. The van der Waals surface area contributed by atoms with Gasteiger partial charge in [0.2, 0.25) is 5.91 Å². The highest BCUT2D eigenvalue weighted by Crippen LogP contribution is 2.30. The van der Waals surface area contributed by atoms with E-state index < -0.39 is 0 Å². The number of nitrogens with zero attached hydrogens (tertiary/aromatic N) is 1. The zero-order chi connectivity index (χ0) is 17.3. The van der Waals surface area contributed by atoms with Crippen molar-refractivity contribution in [2.75, 3.05) is 0 Å². The Morgan fingerprint density at radius 2 is 2.04 bits per heavy atom. The first-order valence-electron chi connectivity index (χ1n) is 8.68. The van der Waals surface area contributed by atoms with Gasteiger partial charge >= 0.3 is 0 Å². The van der Waals surface area contributed by atoms with Crippen LogP contribution in [0.15, 0.2) is 28.8 Å². The Balaban J connectivity index is 1.65. The van der Waals surface area contributed by atoms with E-state index in [2.05, 4.69) is 48.6 Å². The molecule has 4 nitrogen and oxygen atoms in total. The quantitative estimate of drug-likeness (QED) is 0.928. The lowest BCUT2D eigenvalue weighted by molar-refractivity contribution is -0.123. The third-order valence-electron chi connectivity index (χ3n) is 5.16. The third kappa shape index (κ3) is 3.37. The number of carbonyl (C=O) groups is 1. The average molecular weight is 326 g/mol. The van der Waals surface area contributed by atoms with Crippen molar-refractivity contribution in [1.29, 1.82) is 0 Å². The Bertz CT molecular complexity index is 730. The SMILES string of the molecule is Cc1noc(C)c1[C@@H](C)CC(=O)N[C@@]1(C)CCc2ccccc2C1. The highest BCUT2D eigenvalue weighted by molar-refractivity contribution is 5.78. The summed E-state index contributed by atoms with van der Waals surface area (Å²) >= 11 is 0. The van der Waals surface area contributed by atoms with Crippen LogP contribution in [-0.2, 0) is 17.6 Å². The van der Waals surface area contributed by atoms with Crippen LogP contribution in [0.3, 0.4) is 0 Å². The number of carbonyl (C=O) groups excluding carboxylic acids is 1. The predicted molar refractivity (Wildman–Crippen MR) is 94.0 cm³/mol. The molecular weight excluding hydrogens is 300 g/mol. The van der Waals surface area contributed by atoms with Crippen LogP contribution in [0, 0.1) is 13.8 Å². The van der Waals surface area contributed by atoms with Gasteiger partial charge in [-0.25, -0.2) is 0 Å². The summed E-state index contributed by atoms with van der Waals surface area (Å²) in [6, 6.07) is 8.53. The molecule has 0 aliphatic heterocycles. The molecule has 4 heteroatoms. The summed E-state index contributed by atoms with van der Waals surface area (Å²) in [7, 11) is 0. The number of hydrogen-bond donors (Lipinski definition) is 1. The molecule has 3 rings (SSSR count). The zero-order valence-electron chi connectivity index (χ0n) is 15.0. The van der Waals surface area contributed by atoms with Crippen LogP contribution in [0.1, 0.15) is 60.8 Å². The van der Waals surface area contributed by atoms with E-state index in [1.54, 1.807) is 0 Å². The number of aromatic nitrogens is 1. The van der Waals surface area contributed by atoms with Crippen molar-refractivity contribution in [2.24, 2.45) is 0 Å². The standard InChI is InChI=1S/C20H26N2O2/c1-13(19-14(2)22-24-15(19)3)11-18(23)21-20(4)10-9-16-7-5-6-8-17(16)12-20/h5-8,13H,9-12H2,1-4H3,(H,21,23)/t13-,20-/m0/s1. The molecule has 1 heterocycles. The summed E-state index contributed by atoms with van der Waals surface area (Å²) in [4.78, 5) is 12.6. The summed E-state index contributed by atoms with van der Waals surface area (Å²) < 4.78 is 5.23. The predicted octanol–water partition coefficient (Wildman–Crippen LogP) is 3.85. The summed E-state index contributed by atoms with van der Waals surface area (Å²) in [5, 5.41) is 7.27. The molecule has 1 aromatic carbocycles. The van der Waals surface area contributed by atoms with Crippen molar-refractivity contribution < 1.29 is 9.32 Å². The summed E-state index contributed by atoms with van der Waals surface area (Å²) in [5.74, 6) is 1.02. The van der Waals surface area contributed by atoms with Gasteiger partial charge in [-0.3, -0.25) is 4.79 Å². The van der Waals surface area contributed by atoms with Gasteiger partial charge in [-0.1, -0.05) is 36.3 Å². The number of hydrogen-bond acceptors (Lipinski definition) is 3. The van der Waals surface area contributed by atoms with Crippen LogP contribution in [-0.4, -0.2) is 16.6 Å². The van der Waals surface area contributed by atoms with Gasteiger partial charge < -0.3 is 9.84 Å². The minimum absolute atomic E-state index is 0.101. The number of aryl methyl sites for hydroxylation is 3. The van der Waals surface area contributed by atoms with Gasteiger partial charge in [-0.15, -0.1) is 0 Å². The molecule has 1 amide bonds. The van der Waals surface area contributed by atoms with Gasteiger partial charge in [-0.05, 0) is 57.1 Å². The molecule has 0 saturated carbocycles. The van der Waals surface area contributed by atoms with E-state index in [4.69, 9.17) is 4.52 Å². The van der Waals surface area contributed by atoms with Crippen molar-refractivity contribution in [3.8, 4) is 0 Å². The number of rotatable bonds is 4. The Morgan fingerprint density at radius 1 is 1.33 bits per heavy atom. The molecule has 1 aliphatic carbocycles. The molecule has 24 heavy (non-hydrogen) atoms. The Kier molecular flexibility index (Phi) is 4.48. The van der Waals surface area contributed by atoms with Gasteiger partial charge in [0.05, 0.1) is 5.69 Å². The number of benzene rings is 1. The lowest BCUT2D eigenvalue weighted by Gasteiger charge is -2.36. The highest BCUT2D eigenvalue weighted by atomic mass is 16.5. The Morgan fingerprint density at radius 3 is 2.71 bits per heavy atom. The van der Waals surface area contributed by atoms with E-state index >= 15 is 0 Å². The first kappa shape index (κ1) is 16.7. The fourth-order valence-corrected chi connectivity index (χ4v) is 3.96. The van der Waals surface area contributed by atoms with Gasteiger partial charge in [0.25, 0.3) is 0 Å². The topological polar surface area (TPSA) is 55.1 Å². The molecule has 1 aliphatic rings. The number of nitrogens with one attached hydrogen (secondary N) is 1. The minimum Gasteiger partial charge on any atom is -0.361 e. The van der Waals surface area contributed by atoms with E-state index in [1.165, 1.54) is 11.1 Å². The summed E-state index contributed by atoms with van der Waals surface area (Å²) in [6.07, 6.45) is 3.36. The van der Waals surface area contributed by atoms with E-state index in [0.717, 1.165) is 36.3 Å². The normalized spacial score (nSPS) is 21.2. The van der Waals surface area contributed by atoms with Crippen LogP contribution in [0.25, 0.3) is 0 Å². The second-order valence-corrected chi connectivity index (χ2v) is 7.40. The van der Waals surface area contributed by atoms with Crippen LogP contribution in [0.4, 0.5) is 0 Å². The Hall–Kier alpha value is -2.10. The van der Waals surface area contributed by atoms with Crippen molar-refractivity contribution in [2.45, 2.75) is 64.8 Å². The van der Waals surface area contributed by atoms with Crippen LogP contribution >= 0.6 is 0 Å². The number of amides is 1. The highest BCUT2D eigenvalue weighted by Gasteiger charge is 2.31. The van der Waals surface area contributed by atoms with E-state index in [9.17, 15) is 4.79 Å². The van der Waals surface area contributed by atoms with E-state index in [0.29, 0.717) is 6.42 Å². The molecule has 0 unspecified atom stereocenters. The lowest BCUT2D eigenvalue weighted by atomic mass is 9.79. The van der Waals surface area contributed by atoms with Gasteiger partial charge in [0, 0.05) is 17.5 Å². The van der Waals surface area contributed by atoms with E-state index in [1.807, 2.05) is 13.8 Å². The first-order chi connectivity index (χ1) is 11.4. The number of fused-ring (bicyclic) bond motifs is 1. The Labute approximate surface area is 143 Å². The molecule has 1 aromatic heterocycles. The molecular formula is C20H26N2O2. The van der Waals surface area contributed by atoms with Crippen molar-refractivity contribution in [1.82, 2.24) is 10.5 Å². The first-order valence-corrected chi connectivity index (χ1v) is 8.68. The van der Waals surface area contributed by atoms with Crippen molar-refractivity contribution in [3.05, 3.63) is 52.4 Å². The molecule has 0 saturated heterocycles. The molecule has 0 radical (unpaired) electrons. The second kappa shape index (κ2) is 6.42. The lowest BCUT2D eigenvalue weighted by Crippen LogP contribution is -2.50. The monoisotopic (exact) mass is 326 g/mol. The third-order valence-corrected chi connectivity index (χ3v) is 5.16. The van der Waals surface area contributed by atoms with Crippen LogP contribution < -0.4 is 5.32 Å².